The molecule has 0 spiro atoms. The molecule has 0 saturated carbocycles. The molecule has 1 aliphatic rings. The molecule has 4 heteroatoms. The fourth-order valence-electron chi connectivity index (χ4n) is 3.14. The van der Waals surface area contributed by atoms with Gasteiger partial charge in [-0.1, -0.05) is 39.7 Å². The summed E-state index contributed by atoms with van der Waals surface area (Å²) in [6, 6.07) is 14.7. The Balaban J connectivity index is 1.88. The molecule has 0 saturated heterocycles. The molecule has 2 aromatic carbocycles. The van der Waals surface area contributed by atoms with Gasteiger partial charge >= 0.3 is 0 Å². The molecule has 1 aromatic heterocycles. The van der Waals surface area contributed by atoms with Crippen molar-refractivity contribution in [3.63, 3.8) is 0 Å². The highest BCUT2D eigenvalue weighted by Gasteiger charge is 2.25. The molecule has 1 aliphatic heterocycles. The number of aromatic nitrogens is 1. The maximum absolute atomic E-state index is 6.00. The Kier molecular flexibility index (Phi) is 3.29. The van der Waals surface area contributed by atoms with Crippen LogP contribution in [0.15, 0.2) is 46.9 Å². The minimum atomic E-state index is 0.206. The number of hydrogen-bond donors (Lipinski definition) is 2. The molecule has 1 atom stereocenters. The predicted molar refractivity (Wildman–Crippen MR) is 91.0 cm³/mol. The summed E-state index contributed by atoms with van der Waals surface area (Å²) in [4.78, 5) is 3.59. The van der Waals surface area contributed by atoms with E-state index in [0.29, 0.717) is 0 Å². The molecule has 0 bridgehead atoms. The van der Waals surface area contributed by atoms with Crippen LogP contribution in [0.5, 0.6) is 0 Å². The third-order valence-electron chi connectivity index (χ3n) is 4.12. The average Bonchev–Trinajstić information content (AvgIpc) is 2.86. The molecular weight excluding hydrogens is 348 g/mol. The number of aromatic amines is 1. The molecule has 2 nitrogen and oxygen atoms in total. The Bertz CT molecular complexity index is 808. The van der Waals surface area contributed by atoms with Gasteiger partial charge in [0, 0.05) is 32.6 Å². The van der Waals surface area contributed by atoms with Crippen molar-refractivity contribution in [1.29, 1.82) is 0 Å². The topological polar surface area (TPSA) is 27.8 Å². The summed E-state index contributed by atoms with van der Waals surface area (Å²) in [7, 11) is 0. The van der Waals surface area contributed by atoms with Crippen LogP contribution in [0.1, 0.15) is 22.9 Å². The Hall–Kier alpha value is -1.29. The molecule has 2 heterocycles. The van der Waals surface area contributed by atoms with Gasteiger partial charge in [-0.2, -0.15) is 0 Å². The summed E-state index contributed by atoms with van der Waals surface area (Å²) in [5.41, 5.74) is 5.14. The molecule has 3 aromatic rings. The Morgan fingerprint density at radius 2 is 1.90 bits per heavy atom. The first-order valence-electron chi connectivity index (χ1n) is 7.01. The summed E-state index contributed by atoms with van der Waals surface area (Å²) in [5.74, 6) is 0. The van der Waals surface area contributed by atoms with Crippen LogP contribution in [-0.4, -0.2) is 11.5 Å². The van der Waals surface area contributed by atoms with E-state index in [2.05, 4.69) is 56.6 Å². The van der Waals surface area contributed by atoms with Gasteiger partial charge in [0.1, 0.15) is 0 Å². The van der Waals surface area contributed by atoms with Gasteiger partial charge in [-0.15, -0.1) is 0 Å². The first-order chi connectivity index (χ1) is 10.2. The van der Waals surface area contributed by atoms with Crippen molar-refractivity contribution in [1.82, 2.24) is 10.3 Å². The second-order valence-electron chi connectivity index (χ2n) is 5.40. The largest absolute Gasteiger partial charge is 0.357 e. The fourth-order valence-corrected chi connectivity index (χ4v) is 3.63. The number of hydrogen-bond acceptors (Lipinski definition) is 1. The summed E-state index contributed by atoms with van der Waals surface area (Å²) in [5, 5.41) is 5.69. The number of fused-ring (bicyclic) bond motifs is 3. The zero-order chi connectivity index (χ0) is 14.4. The van der Waals surface area contributed by atoms with Gasteiger partial charge in [-0.25, -0.2) is 0 Å². The van der Waals surface area contributed by atoms with E-state index in [4.69, 9.17) is 11.6 Å². The van der Waals surface area contributed by atoms with Gasteiger partial charge in [0.25, 0.3) is 0 Å². The van der Waals surface area contributed by atoms with Crippen LogP contribution >= 0.6 is 27.5 Å². The van der Waals surface area contributed by atoms with E-state index in [1.807, 2.05) is 12.1 Å². The average molecular weight is 362 g/mol. The number of nitrogens with one attached hydrogen (secondary N) is 2. The van der Waals surface area contributed by atoms with Gasteiger partial charge in [-0.3, -0.25) is 0 Å². The quantitative estimate of drug-likeness (QED) is 0.639. The van der Waals surface area contributed by atoms with Gasteiger partial charge < -0.3 is 10.3 Å². The molecule has 2 N–H and O–H groups in total. The van der Waals surface area contributed by atoms with Crippen molar-refractivity contribution >= 4 is 38.4 Å². The van der Waals surface area contributed by atoms with Crippen molar-refractivity contribution < 1.29 is 0 Å². The zero-order valence-corrected chi connectivity index (χ0v) is 13.6. The third-order valence-corrected chi connectivity index (χ3v) is 4.86. The molecule has 4 rings (SSSR count). The number of benzene rings is 2. The predicted octanol–water partition coefficient (Wildman–Crippen LogP) is 4.82. The maximum atomic E-state index is 6.00. The highest BCUT2D eigenvalue weighted by molar-refractivity contribution is 9.10. The van der Waals surface area contributed by atoms with Crippen LogP contribution in [0.3, 0.4) is 0 Å². The maximum Gasteiger partial charge on any atom is 0.0732 e. The van der Waals surface area contributed by atoms with Crippen molar-refractivity contribution in [3.05, 3.63) is 68.8 Å². The highest BCUT2D eigenvalue weighted by atomic mass is 79.9. The second kappa shape index (κ2) is 5.16. The van der Waals surface area contributed by atoms with E-state index in [-0.39, 0.29) is 6.04 Å². The lowest BCUT2D eigenvalue weighted by atomic mass is 9.94. The molecule has 1 unspecified atom stereocenters. The molecule has 106 valence electrons. The fraction of sp³-hybridized carbons (Fsp3) is 0.176. The van der Waals surface area contributed by atoms with Gasteiger partial charge in [0.05, 0.1) is 6.04 Å². The van der Waals surface area contributed by atoms with Gasteiger partial charge in [0.15, 0.2) is 0 Å². The summed E-state index contributed by atoms with van der Waals surface area (Å²) >= 11 is 9.57. The van der Waals surface area contributed by atoms with Crippen LogP contribution in [0, 0.1) is 0 Å². The first kappa shape index (κ1) is 13.4. The standard InChI is InChI=1S/C17H14BrClN2/c18-11-3-6-15-14(9-11)13-7-8-20-16(17(13)21-15)10-1-4-12(19)5-2-10/h1-6,9,16,20-21H,7-8H2. The lowest BCUT2D eigenvalue weighted by Gasteiger charge is -2.24. The van der Waals surface area contributed by atoms with E-state index in [1.165, 1.54) is 27.7 Å². The minimum Gasteiger partial charge on any atom is -0.357 e. The number of halogens is 2. The first-order valence-corrected chi connectivity index (χ1v) is 8.18. The molecule has 0 amide bonds. The van der Waals surface area contributed by atoms with Gasteiger partial charge in [0.2, 0.25) is 0 Å². The van der Waals surface area contributed by atoms with E-state index in [1.54, 1.807) is 0 Å². The summed E-state index contributed by atoms with van der Waals surface area (Å²) in [6.45, 7) is 0.986. The van der Waals surface area contributed by atoms with Crippen LogP contribution < -0.4 is 5.32 Å². The summed E-state index contributed by atoms with van der Waals surface area (Å²) < 4.78 is 1.12. The lowest BCUT2D eigenvalue weighted by Crippen LogP contribution is -2.30. The van der Waals surface area contributed by atoms with E-state index in [0.717, 1.165) is 22.5 Å². The third kappa shape index (κ3) is 2.30. The van der Waals surface area contributed by atoms with Crippen LogP contribution in [0.25, 0.3) is 10.9 Å². The van der Waals surface area contributed by atoms with Crippen molar-refractivity contribution in [2.45, 2.75) is 12.5 Å². The monoisotopic (exact) mass is 360 g/mol. The molecule has 21 heavy (non-hydrogen) atoms. The SMILES string of the molecule is Clc1ccc(C2NCCc3c2[nH]c2ccc(Br)cc32)cc1. The van der Waals surface area contributed by atoms with Crippen molar-refractivity contribution in [2.24, 2.45) is 0 Å². The van der Waals surface area contributed by atoms with Crippen molar-refractivity contribution in [2.75, 3.05) is 6.54 Å². The molecule has 0 aliphatic carbocycles. The minimum absolute atomic E-state index is 0.206. The smallest absolute Gasteiger partial charge is 0.0732 e. The van der Waals surface area contributed by atoms with E-state index < -0.39 is 0 Å². The van der Waals surface area contributed by atoms with E-state index in [9.17, 15) is 0 Å². The Labute approximate surface area is 136 Å². The number of rotatable bonds is 1. The normalized spacial score (nSPS) is 17.9. The Morgan fingerprint density at radius 3 is 2.71 bits per heavy atom. The van der Waals surface area contributed by atoms with Gasteiger partial charge in [-0.05, 0) is 47.9 Å². The molecule has 0 radical (unpaired) electrons. The number of H-pyrrole nitrogens is 1. The van der Waals surface area contributed by atoms with E-state index >= 15 is 0 Å². The zero-order valence-electron chi connectivity index (χ0n) is 11.3. The Morgan fingerprint density at radius 1 is 1.10 bits per heavy atom. The van der Waals surface area contributed by atoms with Crippen LogP contribution in [-0.2, 0) is 6.42 Å². The molecular formula is C17H14BrClN2. The van der Waals surface area contributed by atoms with Crippen LogP contribution in [0.4, 0.5) is 0 Å². The lowest BCUT2D eigenvalue weighted by molar-refractivity contribution is 0.560. The highest BCUT2D eigenvalue weighted by Crippen LogP contribution is 2.34. The second-order valence-corrected chi connectivity index (χ2v) is 6.75. The molecule has 0 fully saturated rings. The van der Waals surface area contributed by atoms with Crippen molar-refractivity contribution in [3.8, 4) is 0 Å². The van der Waals surface area contributed by atoms with Crippen LogP contribution in [0.2, 0.25) is 5.02 Å². The summed E-state index contributed by atoms with van der Waals surface area (Å²) in [6.07, 6.45) is 1.05.